The summed E-state index contributed by atoms with van der Waals surface area (Å²) in [4.78, 5) is 10.1. The van der Waals surface area contributed by atoms with E-state index in [1.807, 2.05) is 0 Å². The Kier molecular flexibility index (Phi) is 2.64. The lowest BCUT2D eigenvalue weighted by molar-refractivity contribution is 0.475. The van der Waals surface area contributed by atoms with Gasteiger partial charge in [-0.05, 0) is 30.7 Å². The first-order valence-corrected chi connectivity index (χ1v) is 3.58. The molecule has 0 saturated heterocycles. The number of rotatable bonds is 2. The lowest BCUT2D eigenvalue weighted by Gasteiger charge is -1.94. The molecule has 0 atom stereocenters. The van der Waals surface area contributed by atoms with E-state index < -0.39 is 0 Å². The summed E-state index contributed by atoms with van der Waals surface area (Å²) in [5.74, 6) is 0.197. The molecule has 0 aromatic heterocycles. The second-order valence-corrected chi connectivity index (χ2v) is 2.52. The number of carbonyl (C=O) groups excluding carboxylic acids is 1. The predicted octanol–water partition coefficient (Wildman–Crippen LogP) is 1.91. The van der Waals surface area contributed by atoms with Gasteiger partial charge in [0.25, 0.3) is 0 Å². The highest BCUT2D eigenvalue weighted by molar-refractivity contribution is 5.81. The lowest BCUT2D eigenvalue weighted by atomic mass is 10.1. The van der Waals surface area contributed by atoms with Crippen LogP contribution in [0.15, 0.2) is 29.8 Å². The Bertz CT molecular complexity index is 313. The van der Waals surface area contributed by atoms with Crippen LogP contribution in [-0.4, -0.2) is 11.4 Å². The van der Waals surface area contributed by atoms with E-state index in [9.17, 15) is 4.79 Å². The van der Waals surface area contributed by atoms with Gasteiger partial charge in [0.15, 0.2) is 0 Å². The molecule has 1 aromatic carbocycles. The van der Waals surface area contributed by atoms with Crippen molar-refractivity contribution in [2.24, 2.45) is 0 Å². The second kappa shape index (κ2) is 3.72. The fraction of sp³-hybridized carbons (Fsp3) is 0.100. The summed E-state index contributed by atoms with van der Waals surface area (Å²) in [7, 11) is 0. The molecule has 1 N–H and O–H groups in total. The topological polar surface area (TPSA) is 37.3 Å². The van der Waals surface area contributed by atoms with E-state index in [2.05, 4.69) is 0 Å². The van der Waals surface area contributed by atoms with E-state index in [1.165, 1.54) is 0 Å². The van der Waals surface area contributed by atoms with Crippen molar-refractivity contribution in [1.29, 1.82) is 0 Å². The monoisotopic (exact) mass is 161 g/mol. The summed E-state index contributed by atoms with van der Waals surface area (Å²) in [6.07, 6.45) is 3.42. The quantitative estimate of drug-likeness (QED) is 0.672. The minimum absolute atomic E-state index is 0.197. The minimum Gasteiger partial charge on any atom is -0.508 e. The summed E-state index contributed by atoms with van der Waals surface area (Å²) >= 11 is 0. The predicted molar refractivity (Wildman–Crippen MR) is 47.5 cm³/mol. The molecule has 0 fully saturated rings. The lowest BCUT2D eigenvalue weighted by Crippen LogP contribution is -1.77. The van der Waals surface area contributed by atoms with Gasteiger partial charge < -0.3 is 5.11 Å². The molecule has 0 heterocycles. The van der Waals surface area contributed by atoms with Gasteiger partial charge in [0.05, 0.1) is 0 Å². The maximum absolute atomic E-state index is 10.1. The number of hydrogen-bond acceptors (Lipinski definition) is 2. The van der Waals surface area contributed by atoms with Crippen molar-refractivity contribution in [3.63, 3.8) is 0 Å². The Labute approximate surface area is 71.2 Å². The standard InChI is InChI=1S/C10H9O2/c1-8(7-11)5-9-3-2-4-10(12)6-9/h2-6,12H,1H3. The third kappa shape index (κ3) is 2.23. The van der Waals surface area contributed by atoms with Gasteiger partial charge in [0, 0.05) is 5.57 Å². The first kappa shape index (κ1) is 8.53. The highest BCUT2D eigenvalue weighted by Crippen LogP contribution is 2.13. The van der Waals surface area contributed by atoms with Crippen LogP contribution in [0.5, 0.6) is 5.75 Å². The van der Waals surface area contributed by atoms with Gasteiger partial charge in [-0.1, -0.05) is 12.1 Å². The largest absolute Gasteiger partial charge is 0.508 e. The number of phenols is 1. The molecule has 0 aliphatic rings. The van der Waals surface area contributed by atoms with Crippen molar-refractivity contribution in [2.45, 2.75) is 6.92 Å². The number of allylic oxidation sites excluding steroid dienone is 1. The Morgan fingerprint density at radius 2 is 2.33 bits per heavy atom. The van der Waals surface area contributed by atoms with E-state index in [0.717, 1.165) is 5.56 Å². The maximum atomic E-state index is 10.1. The van der Waals surface area contributed by atoms with Crippen LogP contribution in [0.2, 0.25) is 0 Å². The summed E-state index contributed by atoms with van der Waals surface area (Å²) in [5.41, 5.74) is 1.32. The maximum Gasteiger partial charge on any atom is 0.228 e. The normalized spacial score (nSPS) is 11.2. The van der Waals surface area contributed by atoms with E-state index in [4.69, 9.17) is 5.11 Å². The van der Waals surface area contributed by atoms with E-state index in [0.29, 0.717) is 5.57 Å². The third-order valence-corrected chi connectivity index (χ3v) is 1.41. The third-order valence-electron chi connectivity index (χ3n) is 1.41. The number of phenolic OH excluding ortho intramolecular Hbond substituents is 1. The molecule has 0 aliphatic carbocycles. The zero-order valence-electron chi connectivity index (χ0n) is 6.74. The first-order valence-electron chi connectivity index (χ1n) is 3.58. The van der Waals surface area contributed by atoms with Gasteiger partial charge in [0.2, 0.25) is 6.29 Å². The van der Waals surface area contributed by atoms with Gasteiger partial charge in [0.1, 0.15) is 5.75 Å². The molecule has 0 amide bonds. The van der Waals surface area contributed by atoms with Crippen molar-refractivity contribution in [3.05, 3.63) is 35.4 Å². The number of benzene rings is 1. The molecular weight excluding hydrogens is 152 g/mol. The van der Waals surface area contributed by atoms with Gasteiger partial charge in [-0.2, -0.15) is 0 Å². The van der Waals surface area contributed by atoms with Crippen LogP contribution >= 0.6 is 0 Å². The fourth-order valence-corrected chi connectivity index (χ4v) is 0.894. The van der Waals surface area contributed by atoms with Gasteiger partial charge in [-0.15, -0.1) is 0 Å². The summed E-state index contributed by atoms with van der Waals surface area (Å²) in [5, 5.41) is 9.07. The van der Waals surface area contributed by atoms with Gasteiger partial charge >= 0.3 is 0 Å². The molecule has 61 valence electrons. The van der Waals surface area contributed by atoms with Crippen LogP contribution in [0, 0.1) is 0 Å². The smallest absolute Gasteiger partial charge is 0.228 e. The van der Waals surface area contributed by atoms with Crippen molar-refractivity contribution >= 4 is 12.4 Å². The molecule has 1 rings (SSSR count). The SMILES string of the molecule is CC([C]=O)=Cc1cccc(O)c1. The van der Waals surface area contributed by atoms with Crippen LogP contribution in [0.25, 0.3) is 6.08 Å². The van der Waals surface area contributed by atoms with Crippen LogP contribution in [0.3, 0.4) is 0 Å². The molecule has 0 bridgehead atoms. The van der Waals surface area contributed by atoms with Crippen molar-refractivity contribution in [3.8, 4) is 5.75 Å². The summed E-state index contributed by atoms with van der Waals surface area (Å²) < 4.78 is 0. The summed E-state index contributed by atoms with van der Waals surface area (Å²) in [6, 6.07) is 6.69. The van der Waals surface area contributed by atoms with E-state index in [1.54, 1.807) is 43.6 Å². The van der Waals surface area contributed by atoms with Crippen LogP contribution in [0.1, 0.15) is 12.5 Å². The van der Waals surface area contributed by atoms with Crippen molar-refractivity contribution in [2.75, 3.05) is 0 Å². The Balaban J connectivity index is 2.97. The Morgan fingerprint density at radius 1 is 1.58 bits per heavy atom. The zero-order valence-corrected chi connectivity index (χ0v) is 6.74. The second-order valence-electron chi connectivity index (χ2n) is 2.52. The number of hydrogen-bond donors (Lipinski definition) is 1. The fourth-order valence-electron chi connectivity index (χ4n) is 0.894. The van der Waals surface area contributed by atoms with Crippen LogP contribution in [-0.2, 0) is 4.79 Å². The minimum atomic E-state index is 0.197. The molecule has 1 radical (unpaired) electrons. The molecule has 2 heteroatoms. The van der Waals surface area contributed by atoms with Gasteiger partial charge in [-0.3, -0.25) is 4.79 Å². The van der Waals surface area contributed by atoms with Gasteiger partial charge in [-0.25, -0.2) is 0 Å². The van der Waals surface area contributed by atoms with Crippen LogP contribution < -0.4 is 0 Å². The average molecular weight is 161 g/mol. The molecule has 0 unspecified atom stereocenters. The Hall–Kier alpha value is -1.57. The molecule has 0 spiro atoms. The van der Waals surface area contributed by atoms with Crippen molar-refractivity contribution < 1.29 is 9.90 Å². The molecule has 1 aromatic rings. The molecular formula is C10H9O2. The van der Waals surface area contributed by atoms with E-state index in [-0.39, 0.29) is 5.75 Å². The summed E-state index contributed by atoms with van der Waals surface area (Å²) in [6.45, 7) is 1.66. The van der Waals surface area contributed by atoms with E-state index >= 15 is 0 Å². The molecule has 12 heavy (non-hydrogen) atoms. The number of aromatic hydroxyl groups is 1. The first-order chi connectivity index (χ1) is 5.72. The highest BCUT2D eigenvalue weighted by Gasteiger charge is 1.91. The zero-order chi connectivity index (χ0) is 8.97. The molecule has 0 saturated carbocycles. The highest BCUT2D eigenvalue weighted by atomic mass is 16.3. The average Bonchev–Trinajstić information content (AvgIpc) is 2.04. The van der Waals surface area contributed by atoms with Crippen LogP contribution in [0.4, 0.5) is 0 Å². The molecule has 0 aliphatic heterocycles. The van der Waals surface area contributed by atoms with Crippen molar-refractivity contribution in [1.82, 2.24) is 0 Å². The molecule has 2 nitrogen and oxygen atoms in total. The Morgan fingerprint density at radius 3 is 2.92 bits per heavy atom.